The Hall–Kier alpha value is -2.20. The smallest absolute Gasteiger partial charge is 0.137 e. The van der Waals surface area contributed by atoms with E-state index in [9.17, 15) is 0 Å². The van der Waals surface area contributed by atoms with E-state index in [2.05, 4.69) is 38.5 Å². The molecule has 19 heavy (non-hydrogen) atoms. The second kappa shape index (κ2) is 5.63. The largest absolute Gasteiger partial charge is 0.346 e. The van der Waals surface area contributed by atoms with E-state index in [0.717, 1.165) is 25.2 Å². The van der Waals surface area contributed by atoms with Crippen LogP contribution >= 0.6 is 0 Å². The summed E-state index contributed by atoms with van der Waals surface area (Å²) in [6, 6.07) is 8.17. The van der Waals surface area contributed by atoms with Crippen LogP contribution in [0.5, 0.6) is 0 Å². The van der Waals surface area contributed by atoms with Gasteiger partial charge >= 0.3 is 0 Å². The van der Waals surface area contributed by atoms with Crippen LogP contribution in [0.1, 0.15) is 11.1 Å². The summed E-state index contributed by atoms with van der Waals surface area (Å²) in [5.74, 6) is 0. The molecular weight excluding hydrogens is 236 g/mol. The minimum atomic E-state index is 0.858. The Kier molecular flexibility index (Phi) is 3.51. The fourth-order valence-corrected chi connectivity index (χ4v) is 2.16. The second-order valence-electron chi connectivity index (χ2n) is 4.50. The summed E-state index contributed by atoms with van der Waals surface area (Å²) in [4.78, 5) is 11.5. The van der Waals surface area contributed by atoms with Crippen molar-refractivity contribution in [3.8, 4) is 0 Å². The number of H-pyrrole nitrogens is 1. The summed E-state index contributed by atoms with van der Waals surface area (Å²) in [7, 11) is 0. The third kappa shape index (κ3) is 2.80. The zero-order chi connectivity index (χ0) is 12.9. The van der Waals surface area contributed by atoms with Gasteiger partial charge in [-0.3, -0.25) is 4.98 Å². The van der Waals surface area contributed by atoms with E-state index in [0.29, 0.717) is 0 Å². The Morgan fingerprint density at radius 2 is 2.00 bits per heavy atom. The van der Waals surface area contributed by atoms with Crippen LogP contribution in [0.25, 0.3) is 11.0 Å². The average Bonchev–Trinajstić information content (AvgIpc) is 2.88. The van der Waals surface area contributed by atoms with E-state index in [1.807, 2.05) is 24.7 Å². The Bertz CT molecular complexity index is 645. The van der Waals surface area contributed by atoms with Crippen LogP contribution in [0.2, 0.25) is 0 Å². The Morgan fingerprint density at radius 1 is 1.11 bits per heavy atom. The molecular formula is C15H16N4. The van der Waals surface area contributed by atoms with Gasteiger partial charge < -0.3 is 10.3 Å². The number of nitrogens with zero attached hydrogens (tertiary/aromatic N) is 2. The highest BCUT2D eigenvalue weighted by Crippen LogP contribution is 2.14. The van der Waals surface area contributed by atoms with Gasteiger partial charge in [-0.2, -0.15) is 0 Å². The first-order valence-electron chi connectivity index (χ1n) is 6.44. The fourth-order valence-electron chi connectivity index (χ4n) is 2.16. The molecule has 0 amide bonds. The predicted molar refractivity (Wildman–Crippen MR) is 75.7 cm³/mol. The van der Waals surface area contributed by atoms with Crippen molar-refractivity contribution in [2.24, 2.45) is 0 Å². The number of aromatic amines is 1. The summed E-state index contributed by atoms with van der Waals surface area (Å²) >= 11 is 0. The van der Waals surface area contributed by atoms with Gasteiger partial charge in [0.2, 0.25) is 0 Å². The van der Waals surface area contributed by atoms with Crippen molar-refractivity contribution in [1.82, 2.24) is 20.3 Å². The van der Waals surface area contributed by atoms with Crippen molar-refractivity contribution >= 4 is 11.0 Å². The van der Waals surface area contributed by atoms with Crippen molar-refractivity contribution in [3.05, 3.63) is 60.2 Å². The number of aromatic nitrogens is 3. The molecule has 3 rings (SSSR count). The number of fused-ring (bicyclic) bond motifs is 1. The van der Waals surface area contributed by atoms with Gasteiger partial charge in [-0.05, 0) is 48.4 Å². The van der Waals surface area contributed by atoms with Crippen LogP contribution in [0, 0.1) is 0 Å². The van der Waals surface area contributed by atoms with Gasteiger partial charge in [0.05, 0.1) is 0 Å². The van der Waals surface area contributed by atoms with E-state index in [1.54, 1.807) is 6.20 Å². The van der Waals surface area contributed by atoms with E-state index in [1.165, 1.54) is 16.5 Å². The van der Waals surface area contributed by atoms with Crippen LogP contribution in [-0.4, -0.2) is 21.5 Å². The van der Waals surface area contributed by atoms with Crippen molar-refractivity contribution in [1.29, 1.82) is 0 Å². The van der Waals surface area contributed by atoms with E-state index in [4.69, 9.17) is 0 Å². The highest BCUT2D eigenvalue weighted by atomic mass is 14.9. The molecule has 0 atom stereocenters. The molecule has 0 aliphatic heterocycles. The maximum atomic E-state index is 4.29. The predicted octanol–water partition coefficient (Wildman–Crippen LogP) is 2.29. The van der Waals surface area contributed by atoms with Crippen LogP contribution in [0.15, 0.2) is 49.1 Å². The molecule has 3 aromatic heterocycles. The van der Waals surface area contributed by atoms with Gasteiger partial charge in [0.25, 0.3) is 0 Å². The molecule has 0 aromatic carbocycles. The van der Waals surface area contributed by atoms with Gasteiger partial charge in [0.15, 0.2) is 0 Å². The zero-order valence-corrected chi connectivity index (χ0v) is 10.6. The van der Waals surface area contributed by atoms with Crippen LogP contribution in [0.4, 0.5) is 0 Å². The van der Waals surface area contributed by atoms with Crippen molar-refractivity contribution in [2.45, 2.75) is 13.0 Å². The molecule has 0 aliphatic carbocycles. The van der Waals surface area contributed by atoms with Gasteiger partial charge in [0.1, 0.15) is 5.65 Å². The number of pyridine rings is 2. The minimum absolute atomic E-state index is 0.858. The number of hydrogen-bond donors (Lipinski definition) is 2. The lowest BCUT2D eigenvalue weighted by Crippen LogP contribution is -2.16. The SMILES string of the molecule is c1cnc2[nH]cc(CNCCc3ccncc3)c2c1. The van der Waals surface area contributed by atoms with Crippen molar-refractivity contribution in [2.75, 3.05) is 6.54 Å². The van der Waals surface area contributed by atoms with Crippen molar-refractivity contribution in [3.63, 3.8) is 0 Å². The summed E-state index contributed by atoms with van der Waals surface area (Å²) in [5, 5.41) is 4.65. The standard InChI is InChI=1S/C15H16N4/c1-2-14-13(11-19-15(14)18-6-1)10-17-9-5-12-3-7-16-8-4-12/h1-4,6-8,11,17H,5,9-10H2,(H,18,19). The lowest BCUT2D eigenvalue weighted by molar-refractivity contribution is 0.689. The quantitative estimate of drug-likeness (QED) is 0.685. The summed E-state index contributed by atoms with van der Waals surface area (Å²) in [5.41, 5.74) is 3.52. The number of nitrogens with one attached hydrogen (secondary N) is 2. The lowest BCUT2D eigenvalue weighted by atomic mass is 10.2. The van der Waals surface area contributed by atoms with Crippen LogP contribution in [0.3, 0.4) is 0 Å². The minimum Gasteiger partial charge on any atom is -0.346 e. The van der Waals surface area contributed by atoms with E-state index in [-0.39, 0.29) is 0 Å². The highest BCUT2D eigenvalue weighted by molar-refractivity contribution is 5.79. The molecule has 0 unspecified atom stereocenters. The molecule has 0 saturated heterocycles. The van der Waals surface area contributed by atoms with Gasteiger partial charge in [-0.15, -0.1) is 0 Å². The van der Waals surface area contributed by atoms with E-state index >= 15 is 0 Å². The molecule has 0 spiro atoms. The van der Waals surface area contributed by atoms with Crippen LogP contribution in [-0.2, 0) is 13.0 Å². The van der Waals surface area contributed by atoms with Crippen LogP contribution < -0.4 is 5.32 Å². The van der Waals surface area contributed by atoms with Gasteiger partial charge in [-0.1, -0.05) is 0 Å². The molecule has 0 fully saturated rings. The molecule has 3 aromatic rings. The summed E-state index contributed by atoms with van der Waals surface area (Å²) in [6.07, 6.45) is 8.51. The van der Waals surface area contributed by atoms with Gasteiger partial charge in [0, 0.05) is 36.7 Å². The first-order chi connectivity index (χ1) is 9.43. The zero-order valence-electron chi connectivity index (χ0n) is 10.6. The maximum Gasteiger partial charge on any atom is 0.137 e. The molecule has 0 aliphatic rings. The normalized spacial score (nSPS) is 10.9. The third-order valence-corrected chi connectivity index (χ3v) is 3.19. The molecule has 0 radical (unpaired) electrons. The summed E-state index contributed by atoms with van der Waals surface area (Å²) in [6.45, 7) is 1.81. The molecule has 3 heterocycles. The molecule has 4 heteroatoms. The monoisotopic (exact) mass is 252 g/mol. The lowest BCUT2D eigenvalue weighted by Gasteiger charge is -2.04. The number of rotatable bonds is 5. The number of hydrogen-bond acceptors (Lipinski definition) is 3. The molecule has 2 N–H and O–H groups in total. The van der Waals surface area contributed by atoms with Gasteiger partial charge in [-0.25, -0.2) is 4.98 Å². The molecule has 96 valence electrons. The fraction of sp³-hybridized carbons (Fsp3) is 0.200. The van der Waals surface area contributed by atoms with E-state index < -0.39 is 0 Å². The molecule has 0 bridgehead atoms. The molecule has 0 saturated carbocycles. The first-order valence-corrected chi connectivity index (χ1v) is 6.44. The first kappa shape index (κ1) is 11.9. The molecule has 4 nitrogen and oxygen atoms in total. The highest BCUT2D eigenvalue weighted by Gasteiger charge is 2.02. The topological polar surface area (TPSA) is 53.6 Å². The Balaban J connectivity index is 1.55. The summed E-state index contributed by atoms with van der Waals surface area (Å²) < 4.78 is 0. The maximum absolute atomic E-state index is 4.29. The average molecular weight is 252 g/mol. The van der Waals surface area contributed by atoms with Crippen molar-refractivity contribution < 1.29 is 0 Å². The second-order valence-corrected chi connectivity index (χ2v) is 4.50. The third-order valence-electron chi connectivity index (χ3n) is 3.19. The Morgan fingerprint density at radius 3 is 2.89 bits per heavy atom. The Labute approximate surface area is 111 Å².